The number of likely N-dealkylation sites (N-methyl/N-ethyl adjacent to an activating group) is 2. The molecular weight excluding hydrogens is 452 g/mol. The fraction of sp³-hybridized carbons (Fsp3) is 0.545. The first-order valence-corrected chi connectivity index (χ1v) is 10.2. The molecule has 12 nitrogen and oxygen atoms in total. The van der Waals surface area contributed by atoms with E-state index in [1.807, 2.05) is 0 Å². The van der Waals surface area contributed by atoms with Crippen molar-refractivity contribution in [3.63, 3.8) is 0 Å². The predicted octanol–water partition coefficient (Wildman–Crippen LogP) is -5.00. The molecule has 4 unspecified atom stereocenters. The summed E-state index contributed by atoms with van der Waals surface area (Å²) >= 11 is 0. The van der Waals surface area contributed by atoms with Gasteiger partial charge in [0.2, 0.25) is 5.60 Å². The van der Waals surface area contributed by atoms with Crippen LogP contribution < -0.4 is 10.2 Å². The SMILES string of the molecule is C[N+](C)(C)CC(O)C(C(=O)[O-])C(=O)/C=C/C(=O)C1(C(=O)[O-])C(=O)C=CC(=O)C1(O)C[N+](C)(C)C. The molecule has 0 aliphatic heterocycles. The lowest BCUT2D eigenvalue weighted by molar-refractivity contribution is -0.876. The molecule has 0 saturated carbocycles. The third-order valence-electron chi connectivity index (χ3n) is 5.24. The number of hydrogen-bond acceptors (Lipinski definition) is 10. The summed E-state index contributed by atoms with van der Waals surface area (Å²) in [4.78, 5) is 74.4. The van der Waals surface area contributed by atoms with Crippen LogP contribution in [0.2, 0.25) is 0 Å². The van der Waals surface area contributed by atoms with E-state index in [9.17, 15) is 49.2 Å². The first kappa shape index (κ1) is 29.0. The van der Waals surface area contributed by atoms with Gasteiger partial charge >= 0.3 is 0 Å². The van der Waals surface area contributed by atoms with Crippen molar-refractivity contribution >= 4 is 35.1 Å². The standard InChI is InChI=1S/C22H30N2O10/c1-23(2,3)11-14(26)18(19(30)31)13(25)7-8-16(28)22(20(32)33)17(29)10-9-15(27)21(22,34)12-24(4,5)6/h7-10,14,18,26,34H,11-12H2,1-6H3/b8-7+. The van der Waals surface area contributed by atoms with Crippen molar-refractivity contribution < 1.29 is 58.2 Å². The Hall–Kier alpha value is -3.06. The number of aliphatic carboxylic acids is 2. The Balaban J connectivity index is 3.53. The van der Waals surface area contributed by atoms with Crippen molar-refractivity contribution in [2.24, 2.45) is 11.3 Å². The summed E-state index contributed by atoms with van der Waals surface area (Å²) in [6.07, 6.45) is 0.106. The summed E-state index contributed by atoms with van der Waals surface area (Å²) in [5, 5.41) is 45.0. The molecule has 0 saturated heterocycles. The van der Waals surface area contributed by atoms with Crippen molar-refractivity contribution in [3.05, 3.63) is 24.3 Å². The Morgan fingerprint density at radius 3 is 1.85 bits per heavy atom. The maximum atomic E-state index is 13.1. The van der Waals surface area contributed by atoms with Crippen LogP contribution in [0.5, 0.6) is 0 Å². The zero-order chi connectivity index (χ0) is 26.9. The van der Waals surface area contributed by atoms with E-state index in [0.29, 0.717) is 18.2 Å². The Kier molecular flexibility index (Phi) is 8.23. The normalized spacial score (nSPS) is 25.3. The average Bonchev–Trinajstić information content (AvgIpc) is 2.60. The van der Waals surface area contributed by atoms with Gasteiger partial charge in [-0.3, -0.25) is 19.2 Å². The van der Waals surface area contributed by atoms with E-state index in [2.05, 4.69) is 0 Å². The smallest absolute Gasteiger partial charge is 0.201 e. The van der Waals surface area contributed by atoms with Gasteiger partial charge in [0.15, 0.2) is 28.5 Å². The number of allylic oxidation sites excluding steroid dienone is 3. The number of quaternary nitrogens is 2. The van der Waals surface area contributed by atoms with Crippen LogP contribution in [0, 0.1) is 11.3 Å². The molecule has 0 heterocycles. The molecule has 0 radical (unpaired) electrons. The highest BCUT2D eigenvalue weighted by atomic mass is 16.4. The third-order valence-corrected chi connectivity index (χ3v) is 5.24. The molecule has 188 valence electrons. The van der Waals surface area contributed by atoms with Crippen molar-refractivity contribution in [2.45, 2.75) is 11.7 Å². The highest BCUT2D eigenvalue weighted by Crippen LogP contribution is 2.40. The van der Waals surface area contributed by atoms with Crippen LogP contribution in [0.4, 0.5) is 0 Å². The molecule has 0 spiro atoms. The summed E-state index contributed by atoms with van der Waals surface area (Å²) < 4.78 is -0.159. The summed E-state index contributed by atoms with van der Waals surface area (Å²) in [6, 6.07) is 0. The Morgan fingerprint density at radius 1 is 0.941 bits per heavy atom. The topological polar surface area (TPSA) is 189 Å². The number of aliphatic hydroxyl groups excluding tert-OH is 1. The Bertz CT molecular complexity index is 969. The molecule has 1 rings (SSSR count). The summed E-state index contributed by atoms with van der Waals surface area (Å²) in [6.45, 7) is -0.872. The van der Waals surface area contributed by atoms with Crippen LogP contribution in [0.1, 0.15) is 0 Å². The van der Waals surface area contributed by atoms with E-state index < -0.39 is 64.7 Å². The zero-order valence-corrected chi connectivity index (χ0v) is 19.9. The van der Waals surface area contributed by atoms with Gasteiger partial charge in [-0.2, -0.15) is 0 Å². The van der Waals surface area contributed by atoms with Gasteiger partial charge in [0.25, 0.3) is 0 Å². The van der Waals surface area contributed by atoms with Crippen LogP contribution >= 0.6 is 0 Å². The lowest BCUT2D eigenvalue weighted by Crippen LogP contribution is -2.74. The Morgan fingerprint density at radius 2 is 1.44 bits per heavy atom. The van der Waals surface area contributed by atoms with Gasteiger partial charge < -0.3 is 39.0 Å². The molecule has 12 heteroatoms. The van der Waals surface area contributed by atoms with Gasteiger partial charge in [0.1, 0.15) is 19.2 Å². The fourth-order valence-corrected chi connectivity index (χ4v) is 3.90. The van der Waals surface area contributed by atoms with Crippen LogP contribution in [-0.2, 0) is 28.8 Å². The number of rotatable bonds is 11. The number of carboxylic acids is 2. The minimum absolute atomic E-state index is 0.0791. The number of nitrogens with zero attached hydrogens (tertiary/aromatic N) is 2. The molecule has 0 amide bonds. The Labute approximate surface area is 196 Å². The molecule has 0 aromatic heterocycles. The van der Waals surface area contributed by atoms with E-state index in [0.717, 1.165) is 0 Å². The minimum Gasteiger partial charge on any atom is -0.549 e. The zero-order valence-electron chi connectivity index (χ0n) is 19.9. The van der Waals surface area contributed by atoms with Crippen LogP contribution in [-0.4, -0.2) is 121 Å². The molecule has 0 fully saturated rings. The molecule has 4 atom stereocenters. The first-order valence-electron chi connectivity index (χ1n) is 10.2. The first-order chi connectivity index (χ1) is 15.2. The van der Waals surface area contributed by atoms with E-state index in [1.165, 1.54) is 21.1 Å². The maximum Gasteiger partial charge on any atom is 0.201 e. The maximum absolute atomic E-state index is 13.1. The minimum atomic E-state index is -3.42. The fourth-order valence-electron chi connectivity index (χ4n) is 3.90. The second-order valence-corrected chi connectivity index (χ2v) is 10.3. The van der Waals surface area contributed by atoms with E-state index in [-0.39, 0.29) is 21.6 Å². The monoisotopic (exact) mass is 482 g/mol. The molecule has 34 heavy (non-hydrogen) atoms. The van der Waals surface area contributed by atoms with Crippen molar-refractivity contribution in [1.29, 1.82) is 0 Å². The van der Waals surface area contributed by atoms with E-state index >= 15 is 0 Å². The van der Waals surface area contributed by atoms with Crippen LogP contribution in [0.15, 0.2) is 24.3 Å². The van der Waals surface area contributed by atoms with E-state index in [4.69, 9.17) is 0 Å². The van der Waals surface area contributed by atoms with Gasteiger partial charge in [-0.05, 0) is 24.3 Å². The third kappa shape index (κ3) is 5.70. The molecule has 1 aliphatic carbocycles. The lowest BCUT2D eigenvalue weighted by Gasteiger charge is -2.46. The molecule has 1 aliphatic rings. The molecular formula is C22H30N2O10. The summed E-state index contributed by atoms with van der Waals surface area (Å²) in [5.74, 6) is -12.1. The lowest BCUT2D eigenvalue weighted by atomic mass is 9.61. The summed E-state index contributed by atoms with van der Waals surface area (Å²) in [5.41, 5.74) is -6.48. The number of hydrogen-bond donors (Lipinski definition) is 2. The van der Waals surface area contributed by atoms with Gasteiger partial charge in [-0.25, -0.2) is 0 Å². The number of carbonyl (C=O) groups is 6. The quantitative estimate of drug-likeness (QED) is 0.164. The summed E-state index contributed by atoms with van der Waals surface area (Å²) in [7, 11) is 9.27. The molecule has 0 aromatic carbocycles. The largest absolute Gasteiger partial charge is 0.549 e. The second kappa shape index (κ2) is 9.66. The highest BCUT2D eigenvalue weighted by molar-refractivity contribution is 6.34. The van der Waals surface area contributed by atoms with Gasteiger partial charge in [-0.15, -0.1) is 0 Å². The number of carbonyl (C=O) groups excluding carboxylic acids is 6. The second-order valence-electron chi connectivity index (χ2n) is 10.3. The molecule has 0 aromatic rings. The molecule has 0 bridgehead atoms. The average molecular weight is 482 g/mol. The highest BCUT2D eigenvalue weighted by Gasteiger charge is 2.67. The van der Waals surface area contributed by atoms with Gasteiger partial charge in [0.05, 0.1) is 60.1 Å². The van der Waals surface area contributed by atoms with Crippen molar-refractivity contribution in [1.82, 2.24) is 0 Å². The number of aliphatic hydroxyl groups is 2. The number of ketones is 4. The van der Waals surface area contributed by atoms with Gasteiger partial charge in [-0.1, -0.05) is 0 Å². The predicted molar refractivity (Wildman–Crippen MR) is 111 cm³/mol. The van der Waals surface area contributed by atoms with Crippen molar-refractivity contribution in [3.8, 4) is 0 Å². The van der Waals surface area contributed by atoms with Crippen LogP contribution in [0.25, 0.3) is 0 Å². The van der Waals surface area contributed by atoms with Crippen molar-refractivity contribution in [2.75, 3.05) is 55.4 Å². The van der Waals surface area contributed by atoms with Crippen LogP contribution in [0.3, 0.4) is 0 Å². The van der Waals surface area contributed by atoms with Gasteiger partial charge in [0, 0.05) is 0 Å². The van der Waals surface area contributed by atoms with E-state index in [1.54, 1.807) is 21.1 Å². The molecule has 2 N–H and O–H groups in total. The number of carboxylic acid groups (broad SMARTS) is 2.